The van der Waals surface area contributed by atoms with Gasteiger partial charge in [-0.15, -0.1) is 0 Å². The molecule has 0 spiro atoms. The van der Waals surface area contributed by atoms with Gasteiger partial charge in [0.25, 0.3) is 0 Å². The van der Waals surface area contributed by atoms with E-state index in [4.69, 9.17) is 5.11 Å². The van der Waals surface area contributed by atoms with Gasteiger partial charge >= 0.3 is 6.09 Å². The molecule has 2 aromatic heterocycles. The first kappa shape index (κ1) is 15.3. The number of anilines is 2. The van der Waals surface area contributed by atoms with Gasteiger partial charge in [0.2, 0.25) is 5.91 Å². The highest BCUT2D eigenvalue weighted by atomic mass is 16.4. The van der Waals surface area contributed by atoms with Gasteiger partial charge in [0.1, 0.15) is 5.65 Å². The molecule has 7 nitrogen and oxygen atoms in total. The fourth-order valence-electron chi connectivity index (χ4n) is 2.23. The molecule has 7 heteroatoms. The van der Waals surface area contributed by atoms with Crippen LogP contribution < -0.4 is 10.6 Å². The van der Waals surface area contributed by atoms with Crippen LogP contribution >= 0.6 is 0 Å². The number of hydrogen-bond donors (Lipinski definition) is 3. The third kappa shape index (κ3) is 3.41. The number of aromatic nitrogens is 2. The number of amides is 2. The lowest BCUT2D eigenvalue weighted by Crippen LogP contribution is -2.13. The van der Waals surface area contributed by atoms with E-state index >= 15 is 0 Å². The summed E-state index contributed by atoms with van der Waals surface area (Å²) in [5, 5.41) is 13.7. The Kier molecular flexibility index (Phi) is 4.24. The van der Waals surface area contributed by atoms with Crippen LogP contribution in [0.2, 0.25) is 0 Å². The van der Waals surface area contributed by atoms with Crippen molar-refractivity contribution in [2.75, 3.05) is 10.6 Å². The van der Waals surface area contributed by atoms with Crippen LogP contribution in [0.1, 0.15) is 5.69 Å². The average molecular weight is 322 g/mol. The fraction of sp³-hybridized carbons (Fsp3) is 0. The largest absolute Gasteiger partial charge is 0.465 e. The quantitative estimate of drug-likeness (QED) is 0.643. The van der Waals surface area contributed by atoms with Crippen molar-refractivity contribution in [1.29, 1.82) is 0 Å². The molecular weight excluding hydrogens is 308 g/mol. The number of para-hydroxylation sites is 2. The van der Waals surface area contributed by atoms with Crippen molar-refractivity contribution in [2.45, 2.75) is 0 Å². The van der Waals surface area contributed by atoms with E-state index in [1.54, 1.807) is 36.5 Å². The molecule has 3 rings (SSSR count). The molecule has 3 aromatic rings. The van der Waals surface area contributed by atoms with Gasteiger partial charge in [-0.2, -0.15) is 0 Å². The minimum absolute atomic E-state index is 0.307. The number of pyridine rings is 1. The summed E-state index contributed by atoms with van der Waals surface area (Å²) in [6.07, 6.45) is 5.33. The Morgan fingerprint density at radius 2 is 1.75 bits per heavy atom. The van der Waals surface area contributed by atoms with Crippen LogP contribution in [0.15, 0.2) is 60.9 Å². The molecule has 0 fully saturated rings. The summed E-state index contributed by atoms with van der Waals surface area (Å²) in [6, 6.07) is 12.2. The van der Waals surface area contributed by atoms with Gasteiger partial charge in [0.05, 0.1) is 23.3 Å². The van der Waals surface area contributed by atoms with E-state index in [0.717, 1.165) is 11.3 Å². The summed E-state index contributed by atoms with van der Waals surface area (Å²) in [4.78, 5) is 27.1. The van der Waals surface area contributed by atoms with Gasteiger partial charge in [-0.1, -0.05) is 18.2 Å². The molecule has 0 unspecified atom stereocenters. The Morgan fingerprint density at radius 3 is 2.50 bits per heavy atom. The second kappa shape index (κ2) is 6.66. The van der Waals surface area contributed by atoms with Gasteiger partial charge in [-0.25, -0.2) is 9.78 Å². The van der Waals surface area contributed by atoms with Crippen molar-refractivity contribution >= 4 is 35.1 Å². The highest BCUT2D eigenvalue weighted by molar-refractivity contribution is 6.04. The zero-order valence-corrected chi connectivity index (χ0v) is 12.5. The van der Waals surface area contributed by atoms with Crippen LogP contribution in [0.4, 0.5) is 16.2 Å². The first-order chi connectivity index (χ1) is 11.6. The average Bonchev–Trinajstić information content (AvgIpc) is 2.98. The van der Waals surface area contributed by atoms with Gasteiger partial charge in [-0.3, -0.25) is 10.1 Å². The summed E-state index contributed by atoms with van der Waals surface area (Å²) < 4.78 is 1.85. The SMILES string of the molecule is O=C(O)Nc1ccccc1NC(=O)C=Cc1cnc2ccccn12. The lowest BCUT2D eigenvalue weighted by atomic mass is 10.2. The van der Waals surface area contributed by atoms with Gasteiger partial charge in [0, 0.05) is 12.3 Å². The van der Waals surface area contributed by atoms with Crippen LogP contribution in [0.25, 0.3) is 11.7 Å². The predicted octanol–water partition coefficient (Wildman–Crippen LogP) is 3.08. The van der Waals surface area contributed by atoms with E-state index in [0.29, 0.717) is 11.4 Å². The highest BCUT2D eigenvalue weighted by Gasteiger charge is 2.07. The number of carbonyl (C=O) groups excluding carboxylic acids is 1. The summed E-state index contributed by atoms with van der Waals surface area (Å²) >= 11 is 0. The number of imidazole rings is 1. The third-order valence-corrected chi connectivity index (χ3v) is 3.28. The Bertz CT molecular complexity index is 930. The lowest BCUT2D eigenvalue weighted by Gasteiger charge is -2.08. The molecule has 24 heavy (non-hydrogen) atoms. The molecule has 0 saturated heterocycles. The number of rotatable bonds is 4. The van der Waals surface area contributed by atoms with Crippen LogP contribution in [0.3, 0.4) is 0 Å². The van der Waals surface area contributed by atoms with E-state index < -0.39 is 6.09 Å². The first-order valence-electron chi connectivity index (χ1n) is 7.13. The van der Waals surface area contributed by atoms with Crippen molar-refractivity contribution < 1.29 is 14.7 Å². The molecule has 0 aliphatic heterocycles. The van der Waals surface area contributed by atoms with Gasteiger partial charge in [0.15, 0.2) is 0 Å². The molecule has 120 valence electrons. The van der Waals surface area contributed by atoms with E-state index in [-0.39, 0.29) is 5.91 Å². The third-order valence-electron chi connectivity index (χ3n) is 3.28. The Balaban J connectivity index is 1.75. The number of carboxylic acid groups (broad SMARTS) is 1. The monoisotopic (exact) mass is 322 g/mol. The van der Waals surface area contributed by atoms with Gasteiger partial charge < -0.3 is 14.8 Å². The summed E-state index contributed by atoms with van der Waals surface area (Å²) in [7, 11) is 0. The molecule has 0 saturated carbocycles. The number of fused-ring (bicyclic) bond motifs is 1. The minimum Gasteiger partial charge on any atom is -0.465 e. The van der Waals surface area contributed by atoms with Crippen LogP contribution in [0, 0.1) is 0 Å². The molecule has 2 amide bonds. The maximum Gasteiger partial charge on any atom is 0.409 e. The van der Waals surface area contributed by atoms with Crippen molar-refractivity contribution in [3.05, 3.63) is 66.6 Å². The normalized spacial score (nSPS) is 10.8. The summed E-state index contributed by atoms with van der Waals surface area (Å²) in [5.41, 5.74) is 2.24. The fourth-order valence-corrected chi connectivity index (χ4v) is 2.23. The number of nitrogens with one attached hydrogen (secondary N) is 2. The Hall–Kier alpha value is -3.61. The number of hydrogen-bond acceptors (Lipinski definition) is 3. The van der Waals surface area contributed by atoms with Crippen molar-refractivity contribution in [2.24, 2.45) is 0 Å². The number of benzene rings is 1. The van der Waals surface area contributed by atoms with Crippen LogP contribution in [0.5, 0.6) is 0 Å². The second-order valence-corrected chi connectivity index (χ2v) is 4.91. The van der Waals surface area contributed by atoms with Crippen LogP contribution in [-0.4, -0.2) is 26.5 Å². The summed E-state index contributed by atoms with van der Waals surface area (Å²) in [6.45, 7) is 0. The maximum absolute atomic E-state index is 12.1. The molecule has 0 atom stereocenters. The zero-order chi connectivity index (χ0) is 16.9. The first-order valence-corrected chi connectivity index (χ1v) is 7.13. The molecular formula is C17H14N4O3. The van der Waals surface area contributed by atoms with E-state index in [2.05, 4.69) is 15.6 Å². The second-order valence-electron chi connectivity index (χ2n) is 4.91. The predicted molar refractivity (Wildman–Crippen MR) is 90.9 cm³/mol. The van der Waals surface area contributed by atoms with E-state index in [1.165, 1.54) is 6.08 Å². The number of carbonyl (C=O) groups is 2. The zero-order valence-electron chi connectivity index (χ0n) is 12.5. The molecule has 0 bridgehead atoms. The maximum atomic E-state index is 12.1. The lowest BCUT2D eigenvalue weighted by molar-refractivity contribution is -0.111. The Labute approximate surface area is 137 Å². The van der Waals surface area contributed by atoms with E-state index in [1.807, 2.05) is 28.8 Å². The molecule has 0 radical (unpaired) electrons. The molecule has 2 heterocycles. The minimum atomic E-state index is -1.20. The summed E-state index contributed by atoms with van der Waals surface area (Å²) in [5.74, 6) is -0.375. The highest BCUT2D eigenvalue weighted by Crippen LogP contribution is 2.20. The standard InChI is InChI=1S/C17H14N4O3/c22-16(19-13-5-1-2-6-14(13)20-17(23)24)9-8-12-11-18-15-7-3-4-10-21(12)15/h1-11,20H,(H,19,22)(H,23,24). The molecule has 0 aliphatic rings. The molecule has 0 aliphatic carbocycles. The van der Waals surface area contributed by atoms with Crippen LogP contribution in [-0.2, 0) is 4.79 Å². The Morgan fingerprint density at radius 1 is 1.04 bits per heavy atom. The molecule has 1 aromatic carbocycles. The topological polar surface area (TPSA) is 95.7 Å². The van der Waals surface area contributed by atoms with E-state index in [9.17, 15) is 9.59 Å². The smallest absolute Gasteiger partial charge is 0.409 e. The van der Waals surface area contributed by atoms with Crippen molar-refractivity contribution in [3.63, 3.8) is 0 Å². The number of nitrogens with zero attached hydrogens (tertiary/aromatic N) is 2. The van der Waals surface area contributed by atoms with Gasteiger partial charge in [-0.05, 0) is 30.3 Å². The van der Waals surface area contributed by atoms with Crippen molar-refractivity contribution in [3.8, 4) is 0 Å². The molecule has 3 N–H and O–H groups in total. The van der Waals surface area contributed by atoms with Crippen molar-refractivity contribution in [1.82, 2.24) is 9.38 Å².